The molecular formula is C25H26FNO6. The highest BCUT2D eigenvalue weighted by molar-refractivity contribution is 6.46. The van der Waals surface area contributed by atoms with Crippen molar-refractivity contribution in [2.45, 2.75) is 31.9 Å². The van der Waals surface area contributed by atoms with Crippen molar-refractivity contribution in [1.29, 1.82) is 0 Å². The first kappa shape index (κ1) is 22.8. The number of benzene rings is 2. The van der Waals surface area contributed by atoms with E-state index in [0.29, 0.717) is 30.3 Å². The summed E-state index contributed by atoms with van der Waals surface area (Å²) in [7, 11) is 1.50. The lowest BCUT2D eigenvalue weighted by molar-refractivity contribution is -0.140. The summed E-state index contributed by atoms with van der Waals surface area (Å²) >= 11 is 0. The van der Waals surface area contributed by atoms with Crippen molar-refractivity contribution < 1.29 is 33.3 Å². The maximum Gasteiger partial charge on any atom is 0.295 e. The van der Waals surface area contributed by atoms with Gasteiger partial charge < -0.3 is 24.2 Å². The first-order valence-corrected chi connectivity index (χ1v) is 10.9. The maximum absolute atomic E-state index is 13.4. The fourth-order valence-electron chi connectivity index (χ4n) is 4.31. The second kappa shape index (κ2) is 9.62. The van der Waals surface area contributed by atoms with Crippen molar-refractivity contribution >= 4 is 17.4 Å². The number of aliphatic hydroxyl groups excluding tert-OH is 1. The molecule has 0 bridgehead atoms. The zero-order chi connectivity index (χ0) is 23.5. The summed E-state index contributed by atoms with van der Waals surface area (Å²) in [4.78, 5) is 27.6. The van der Waals surface area contributed by atoms with Gasteiger partial charge in [-0.3, -0.25) is 9.59 Å². The predicted molar refractivity (Wildman–Crippen MR) is 119 cm³/mol. The second-order valence-electron chi connectivity index (χ2n) is 7.94. The van der Waals surface area contributed by atoms with Gasteiger partial charge in [-0.05, 0) is 61.7 Å². The van der Waals surface area contributed by atoms with Crippen LogP contribution in [0.2, 0.25) is 0 Å². The summed E-state index contributed by atoms with van der Waals surface area (Å²) in [6.07, 6.45) is 1.47. The van der Waals surface area contributed by atoms with Gasteiger partial charge in [-0.25, -0.2) is 4.39 Å². The van der Waals surface area contributed by atoms with E-state index in [9.17, 15) is 19.1 Å². The number of hydrogen-bond acceptors (Lipinski definition) is 6. The Labute approximate surface area is 191 Å². The Bertz CT molecular complexity index is 1070. The van der Waals surface area contributed by atoms with E-state index in [1.807, 2.05) is 6.92 Å². The molecule has 174 valence electrons. The molecule has 2 aromatic rings. The average molecular weight is 455 g/mol. The summed E-state index contributed by atoms with van der Waals surface area (Å²) < 4.78 is 30.2. The number of aliphatic hydroxyl groups is 1. The molecule has 1 amide bonds. The largest absolute Gasteiger partial charge is 0.507 e. The van der Waals surface area contributed by atoms with Gasteiger partial charge in [0.2, 0.25) is 0 Å². The van der Waals surface area contributed by atoms with Crippen molar-refractivity contribution in [1.82, 2.24) is 4.90 Å². The van der Waals surface area contributed by atoms with E-state index in [0.717, 1.165) is 12.8 Å². The van der Waals surface area contributed by atoms with Gasteiger partial charge in [0.25, 0.3) is 11.7 Å². The van der Waals surface area contributed by atoms with Crippen molar-refractivity contribution in [3.05, 3.63) is 65.0 Å². The number of nitrogens with zero attached hydrogens (tertiary/aromatic N) is 1. The van der Waals surface area contributed by atoms with Crippen LogP contribution in [0.15, 0.2) is 48.0 Å². The van der Waals surface area contributed by atoms with Gasteiger partial charge in [-0.2, -0.15) is 0 Å². The summed E-state index contributed by atoms with van der Waals surface area (Å²) in [5.41, 5.74) is 0.765. The van der Waals surface area contributed by atoms with Crippen LogP contribution in [0.25, 0.3) is 5.76 Å². The molecular weight excluding hydrogens is 429 g/mol. The number of carbonyl (C=O) groups excluding carboxylic acids is 2. The zero-order valence-corrected chi connectivity index (χ0v) is 18.5. The third-order valence-corrected chi connectivity index (χ3v) is 5.89. The lowest BCUT2D eigenvalue weighted by Crippen LogP contribution is -2.36. The van der Waals surface area contributed by atoms with Crippen LogP contribution in [-0.4, -0.2) is 54.7 Å². The van der Waals surface area contributed by atoms with Crippen molar-refractivity contribution in [3.63, 3.8) is 0 Å². The molecule has 33 heavy (non-hydrogen) atoms. The number of amides is 1. The molecule has 2 unspecified atom stereocenters. The Balaban J connectivity index is 1.83. The molecule has 8 heteroatoms. The van der Waals surface area contributed by atoms with Crippen LogP contribution in [0.1, 0.15) is 36.9 Å². The van der Waals surface area contributed by atoms with Crippen molar-refractivity contribution in [3.8, 4) is 11.5 Å². The van der Waals surface area contributed by atoms with Gasteiger partial charge in [0.1, 0.15) is 11.6 Å². The maximum atomic E-state index is 13.4. The van der Waals surface area contributed by atoms with Crippen LogP contribution < -0.4 is 9.47 Å². The third kappa shape index (κ3) is 4.43. The Morgan fingerprint density at radius 2 is 1.94 bits per heavy atom. The fourth-order valence-corrected chi connectivity index (χ4v) is 4.31. The van der Waals surface area contributed by atoms with E-state index >= 15 is 0 Å². The molecule has 2 atom stereocenters. The highest BCUT2D eigenvalue weighted by Crippen LogP contribution is 2.42. The van der Waals surface area contributed by atoms with Gasteiger partial charge in [-0.15, -0.1) is 0 Å². The molecule has 2 aliphatic heterocycles. The predicted octanol–water partition coefficient (Wildman–Crippen LogP) is 3.83. The summed E-state index contributed by atoms with van der Waals surface area (Å²) in [6.45, 7) is 3.11. The lowest BCUT2D eigenvalue weighted by atomic mass is 9.94. The Kier molecular flexibility index (Phi) is 6.65. The molecule has 0 aliphatic carbocycles. The second-order valence-corrected chi connectivity index (χ2v) is 7.94. The van der Waals surface area contributed by atoms with Gasteiger partial charge in [0.15, 0.2) is 11.5 Å². The van der Waals surface area contributed by atoms with E-state index in [1.165, 1.54) is 36.3 Å². The summed E-state index contributed by atoms with van der Waals surface area (Å²) in [6, 6.07) is 9.40. The average Bonchev–Trinajstić information content (AvgIpc) is 3.42. The number of likely N-dealkylation sites (tertiary alicyclic amines) is 1. The Morgan fingerprint density at radius 1 is 1.18 bits per heavy atom. The highest BCUT2D eigenvalue weighted by atomic mass is 19.1. The standard InChI is InChI=1S/C25H26FNO6/c1-3-32-19-11-8-16(13-20(19)31-2)22-21(23(28)15-6-9-17(26)10-7-15)24(29)25(30)27(22)14-18-5-4-12-33-18/h6-11,13,18,22,28H,3-5,12,14H2,1-2H3/b23-21+. The number of methoxy groups -OCH3 is 1. The van der Waals surface area contributed by atoms with E-state index in [2.05, 4.69) is 0 Å². The molecule has 7 nitrogen and oxygen atoms in total. The van der Waals surface area contributed by atoms with Crippen LogP contribution in [0.3, 0.4) is 0 Å². The van der Waals surface area contributed by atoms with Crippen LogP contribution >= 0.6 is 0 Å². The summed E-state index contributed by atoms with van der Waals surface area (Å²) in [5.74, 6) is -1.38. The van der Waals surface area contributed by atoms with Gasteiger partial charge in [0, 0.05) is 18.7 Å². The van der Waals surface area contributed by atoms with Crippen molar-refractivity contribution in [2.75, 3.05) is 26.9 Å². The van der Waals surface area contributed by atoms with Crippen LogP contribution in [-0.2, 0) is 14.3 Å². The number of carbonyl (C=O) groups is 2. The minimum Gasteiger partial charge on any atom is -0.507 e. The quantitative estimate of drug-likeness (QED) is 0.388. The Morgan fingerprint density at radius 3 is 2.58 bits per heavy atom. The molecule has 2 aromatic carbocycles. The lowest BCUT2D eigenvalue weighted by Gasteiger charge is -2.28. The van der Waals surface area contributed by atoms with Crippen molar-refractivity contribution in [2.24, 2.45) is 0 Å². The minimum absolute atomic E-state index is 0.0594. The molecule has 2 fully saturated rings. The monoisotopic (exact) mass is 455 g/mol. The minimum atomic E-state index is -0.858. The molecule has 1 N–H and O–H groups in total. The molecule has 2 heterocycles. The van der Waals surface area contributed by atoms with Gasteiger partial charge in [0.05, 0.1) is 31.4 Å². The molecule has 0 spiro atoms. The number of ether oxygens (including phenoxy) is 3. The van der Waals surface area contributed by atoms with E-state index in [4.69, 9.17) is 14.2 Å². The van der Waals surface area contributed by atoms with Gasteiger partial charge >= 0.3 is 0 Å². The van der Waals surface area contributed by atoms with E-state index < -0.39 is 23.5 Å². The first-order valence-electron chi connectivity index (χ1n) is 10.9. The topological polar surface area (TPSA) is 85.3 Å². The van der Waals surface area contributed by atoms with E-state index in [-0.39, 0.29) is 29.5 Å². The highest BCUT2D eigenvalue weighted by Gasteiger charge is 2.47. The van der Waals surface area contributed by atoms with Crippen LogP contribution in [0, 0.1) is 5.82 Å². The zero-order valence-electron chi connectivity index (χ0n) is 18.5. The van der Waals surface area contributed by atoms with Crippen LogP contribution in [0.5, 0.6) is 11.5 Å². The first-order chi connectivity index (χ1) is 15.9. The SMILES string of the molecule is CCOc1ccc(C2/C(=C(\O)c3ccc(F)cc3)C(=O)C(=O)N2CC2CCCO2)cc1OC. The molecule has 0 radical (unpaired) electrons. The number of Topliss-reactive ketones (excluding diaryl/α,β-unsaturated/α-hetero) is 1. The molecule has 2 saturated heterocycles. The Hall–Kier alpha value is -3.39. The smallest absolute Gasteiger partial charge is 0.295 e. The molecule has 0 saturated carbocycles. The number of hydrogen-bond donors (Lipinski definition) is 1. The van der Waals surface area contributed by atoms with Gasteiger partial charge in [-0.1, -0.05) is 6.07 Å². The number of halogens is 1. The number of rotatable bonds is 7. The fraction of sp³-hybridized carbons (Fsp3) is 0.360. The normalized spacial score (nSPS) is 22.1. The van der Waals surface area contributed by atoms with Crippen LogP contribution in [0.4, 0.5) is 4.39 Å². The van der Waals surface area contributed by atoms with E-state index in [1.54, 1.807) is 18.2 Å². The molecule has 0 aromatic heterocycles. The molecule has 2 aliphatic rings. The third-order valence-electron chi connectivity index (χ3n) is 5.89. The molecule has 4 rings (SSSR count). The summed E-state index contributed by atoms with van der Waals surface area (Å²) in [5, 5.41) is 11.0. The number of ketones is 1.